The molecule has 0 amide bonds. The predicted molar refractivity (Wildman–Crippen MR) is 54.9 cm³/mol. The maximum atomic E-state index is 10.9. The van der Waals surface area contributed by atoms with E-state index in [1.807, 2.05) is 22.6 Å². The highest BCUT2D eigenvalue weighted by Gasteiger charge is 2.11. The van der Waals surface area contributed by atoms with E-state index in [1.54, 1.807) is 6.07 Å². The fourth-order valence-corrected chi connectivity index (χ4v) is 2.80. The van der Waals surface area contributed by atoms with Crippen LogP contribution in [0, 0.1) is 3.57 Å². The molecule has 1 aromatic carbocycles. The lowest BCUT2D eigenvalue weighted by Gasteiger charge is -2.01. The molecule has 6 heteroatoms. The molecular weight excluding hydrogens is 291 g/mol. The summed E-state index contributed by atoms with van der Waals surface area (Å²) in [5, 5.41) is 4.93. The van der Waals surface area contributed by atoms with Gasteiger partial charge >= 0.3 is 0 Å². The SMILES string of the molecule is Nc1ccc(S(N)(=O)=O)c(I)c1. The molecule has 0 aromatic heterocycles. The van der Waals surface area contributed by atoms with Crippen molar-refractivity contribution in [1.82, 2.24) is 0 Å². The Balaban J connectivity index is 3.39. The summed E-state index contributed by atoms with van der Waals surface area (Å²) < 4.78 is 22.3. The molecule has 0 saturated heterocycles. The monoisotopic (exact) mass is 298 g/mol. The quantitative estimate of drug-likeness (QED) is 0.585. The smallest absolute Gasteiger partial charge is 0.239 e. The predicted octanol–water partition coefficient (Wildman–Crippen LogP) is 0.521. The number of benzene rings is 1. The third kappa shape index (κ3) is 2.08. The number of anilines is 1. The lowest BCUT2D eigenvalue weighted by molar-refractivity contribution is 0.597. The molecular formula is C6H7IN2O2S. The molecule has 0 radical (unpaired) electrons. The molecule has 4 N–H and O–H groups in total. The third-order valence-electron chi connectivity index (χ3n) is 1.26. The van der Waals surface area contributed by atoms with E-state index in [0.717, 1.165) is 0 Å². The number of halogens is 1. The van der Waals surface area contributed by atoms with Crippen molar-refractivity contribution >= 4 is 38.3 Å². The van der Waals surface area contributed by atoms with Crippen molar-refractivity contribution in [2.24, 2.45) is 5.14 Å². The molecule has 0 spiro atoms. The summed E-state index contributed by atoms with van der Waals surface area (Å²) in [5.41, 5.74) is 5.95. The number of hydrogen-bond donors (Lipinski definition) is 2. The van der Waals surface area contributed by atoms with Gasteiger partial charge in [0, 0.05) is 9.26 Å². The van der Waals surface area contributed by atoms with Crippen LogP contribution in [-0.2, 0) is 10.0 Å². The number of hydrogen-bond acceptors (Lipinski definition) is 3. The zero-order chi connectivity index (χ0) is 9.35. The Hall–Kier alpha value is -0.340. The lowest BCUT2D eigenvalue weighted by atomic mass is 10.3. The minimum atomic E-state index is -3.61. The van der Waals surface area contributed by atoms with Gasteiger partial charge in [0.15, 0.2) is 0 Å². The van der Waals surface area contributed by atoms with Gasteiger partial charge in [0.25, 0.3) is 0 Å². The average molecular weight is 298 g/mol. The van der Waals surface area contributed by atoms with Gasteiger partial charge in [0.2, 0.25) is 10.0 Å². The van der Waals surface area contributed by atoms with Crippen LogP contribution in [0.2, 0.25) is 0 Å². The second kappa shape index (κ2) is 3.19. The Morgan fingerprint density at radius 3 is 2.33 bits per heavy atom. The van der Waals surface area contributed by atoms with E-state index >= 15 is 0 Å². The van der Waals surface area contributed by atoms with Gasteiger partial charge in [0.1, 0.15) is 0 Å². The molecule has 0 aliphatic rings. The number of nitrogens with two attached hydrogens (primary N) is 2. The van der Waals surface area contributed by atoms with Gasteiger partial charge in [-0.2, -0.15) is 0 Å². The summed E-state index contributed by atoms with van der Waals surface area (Å²) in [4.78, 5) is 0.109. The van der Waals surface area contributed by atoms with Crippen molar-refractivity contribution in [3.8, 4) is 0 Å². The Morgan fingerprint density at radius 1 is 1.33 bits per heavy atom. The van der Waals surface area contributed by atoms with Gasteiger partial charge in [0.05, 0.1) is 4.90 Å². The topological polar surface area (TPSA) is 86.2 Å². The van der Waals surface area contributed by atoms with E-state index < -0.39 is 10.0 Å². The van der Waals surface area contributed by atoms with Gasteiger partial charge in [-0.25, -0.2) is 13.6 Å². The Kier molecular flexibility index (Phi) is 2.59. The zero-order valence-corrected chi connectivity index (χ0v) is 8.96. The number of nitrogen functional groups attached to an aromatic ring is 1. The highest BCUT2D eigenvalue weighted by atomic mass is 127. The standard InChI is InChI=1S/C6H7IN2O2S/c7-5-3-4(8)1-2-6(5)12(9,10)11/h1-3H,8H2,(H2,9,10,11). The van der Waals surface area contributed by atoms with Crippen LogP contribution in [0.5, 0.6) is 0 Å². The van der Waals surface area contributed by atoms with E-state index in [1.165, 1.54) is 12.1 Å². The molecule has 0 atom stereocenters. The second-order valence-corrected chi connectivity index (χ2v) is 4.93. The summed E-state index contributed by atoms with van der Waals surface area (Å²) >= 11 is 1.87. The van der Waals surface area contributed by atoms with Crippen LogP contribution >= 0.6 is 22.6 Å². The van der Waals surface area contributed by atoms with E-state index in [9.17, 15) is 8.42 Å². The second-order valence-electron chi connectivity index (χ2n) is 2.23. The fourth-order valence-electron chi connectivity index (χ4n) is 0.748. The van der Waals surface area contributed by atoms with Crippen molar-refractivity contribution < 1.29 is 8.42 Å². The summed E-state index contributed by atoms with van der Waals surface area (Å²) in [6.07, 6.45) is 0. The number of rotatable bonds is 1. The molecule has 0 bridgehead atoms. The highest BCUT2D eigenvalue weighted by Crippen LogP contribution is 2.18. The van der Waals surface area contributed by atoms with E-state index in [0.29, 0.717) is 9.26 Å². The molecule has 0 fully saturated rings. The van der Waals surface area contributed by atoms with Crippen molar-refractivity contribution in [2.45, 2.75) is 4.90 Å². The largest absolute Gasteiger partial charge is 0.399 e. The van der Waals surface area contributed by atoms with E-state index in [4.69, 9.17) is 10.9 Å². The fraction of sp³-hybridized carbons (Fsp3) is 0. The molecule has 0 aliphatic carbocycles. The van der Waals surface area contributed by atoms with Crippen LogP contribution in [0.15, 0.2) is 23.1 Å². The van der Waals surface area contributed by atoms with E-state index in [-0.39, 0.29) is 4.90 Å². The molecule has 1 aromatic rings. The minimum absolute atomic E-state index is 0.109. The number of sulfonamides is 1. The Bertz CT molecular complexity index is 402. The van der Waals surface area contributed by atoms with Crippen LogP contribution in [-0.4, -0.2) is 8.42 Å². The number of primary sulfonamides is 1. The summed E-state index contributed by atoms with van der Waals surface area (Å²) in [5.74, 6) is 0. The average Bonchev–Trinajstić information content (AvgIpc) is 1.83. The molecule has 0 saturated carbocycles. The van der Waals surface area contributed by atoms with Crippen LogP contribution in [0.1, 0.15) is 0 Å². The Labute approximate surface area is 84.1 Å². The first-order chi connectivity index (χ1) is 5.41. The van der Waals surface area contributed by atoms with Gasteiger partial charge < -0.3 is 5.73 Å². The van der Waals surface area contributed by atoms with Crippen LogP contribution in [0.4, 0.5) is 5.69 Å². The van der Waals surface area contributed by atoms with Crippen LogP contribution in [0.25, 0.3) is 0 Å². The van der Waals surface area contributed by atoms with Gasteiger partial charge in [-0.1, -0.05) is 0 Å². The van der Waals surface area contributed by atoms with Gasteiger partial charge in [-0.15, -0.1) is 0 Å². The first-order valence-electron chi connectivity index (χ1n) is 2.99. The highest BCUT2D eigenvalue weighted by molar-refractivity contribution is 14.1. The molecule has 0 aliphatic heterocycles. The van der Waals surface area contributed by atoms with Crippen LogP contribution < -0.4 is 10.9 Å². The summed E-state index contributed by atoms with van der Waals surface area (Å²) in [6, 6.07) is 4.45. The van der Waals surface area contributed by atoms with Crippen molar-refractivity contribution in [2.75, 3.05) is 5.73 Å². The first-order valence-corrected chi connectivity index (χ1v) is 5.61. The zero-order valence-electron chi connectivity index (χ0n) is 5.99. The van der Waals surface area contributed by atoms with Crippen molar-refractivity contribution in [1.29, 1.82) is 0 Å². The molecule has 0 heterocycles. The molecule has 12 heavy (non-hydrogen) atoms. The maximum Gasteiger partial charge on any atom is 0.239 e. The van der Waals surface area contributed by atoms with Crippen molar-refractivity contribution in [3.63, 3.8) is 0 Å². The maximum absolute atomic E-state index is 10.9. The van der Waals surface area contributed by atoms with Crippen LogP contribution in [0.3, 0.4) is 0 Å². The lowest BCUT2D eigenvalue weighted by Crippen LogP contribution is -2.13. The van der Waals surface area contributed by atoms with Gasteiger partial charge in [-0.05, 0) is 40.8 Å². The summed E-state index contributed by atoms with van der Waals surface area (Å²) in [6.45, 7) is 0. The normalized spacial score (nSPS) is 11.5. The third-order valence-corrected chi connectivity index (χ3v) is 3.49. The van der Waals surface area contributed by atoms with E-state index in [2.05, 4.69) is 0 Å². The van der Waals surface area contributed by atoms with Gasteiger partial charge in [-0.3, -0.25) is 0 Å². The molecule has 0 unspecified atom stereocenters. The minimum Gasteiger partial charge on any atom is -0.399 e. The molecule has 1 rings (SSSR count). The summed E-state index contributed by atoms with van der Waals surface area (Å²) in [7, 11) is -3.61. The Morgan fingerprint density at radius 2 is 1.92 bits per heavy atom. The van der Waals surface area contributed by atoms with Crippen molar-refractivity contribution in [3.05, 3.63) is 21.8 Å². The molecule has 4 nitrogen and oxygen atoms in total. The first kappa shape index (κ1) is 9.75. The molecule has 66 valence electrons.